The highest BCUT2D eigenvalue weighted by atomic mass is 79.9. The van der Waals surface area contributed by atoms with Crippen molar-refractivity contribution in [3.05, 3.63) is 33.8 Å². The van der Waals surface area contributed by atoms with Crippen LogP contribution < -0.4 is 0 Å². The summed E-state index contributed by atoms with van der Waals surface area (Å²) in [7, 11) is 0. The van der Waals surface area contributed by atoms with E-state index in [1.54, 1.807) is 0 Å². The molecule has 0 heterocycles. The molecule has 2 bridgehead atoms. The number of halogens is 4. The molecule has 0 radical (unpaired) electrons. The van der Waals surface area contributed by atoms with E-state index in [0.717, 1.165) is 11.8 Å². The third kappa shape index (κ3) is 1.73. The number of hydrogen-bond donors (Lipinski definition) is 0. The zero-order chi connectivity index (χ0) is 13.3. The topological polar surface area (TPSA) is 0 Å². The predicted molar refractivity (Wildman–Crippen MR) is 74.0 cm³/mol. The normalized spacial score (nSPS) is 40.3. The van der Waals surface area contributed by atoms with Gasteiger partial charge in [0, 0.05) is 5.56 Å². The van der Waals surface area contributed by atoms with Gasteiger partial charge in [0.25, 0.3) is 0 Å². The highest BCUT2D eigenvalue weighted by Crippen LogP contribution is 2.73. The van der Waals surface area contributed by atoms with E-state index in [-0.39, 0.29) is 9.85 Å². The van der Waals surface area contributed by atoms with Crippen LogP contribution in [0.3, 0.4) is 0 Å². The van der Waals surface area contributed by atoms with Crippen LogP contribution >= 0.6 is 27.5 Å². The molecular weight excluding hydrogens is 334 g/mol. The van der Waals surface area contributed by atoms with Crippen molar-refractivity contribution in [1.29, 1.82) is 0 Å². The van der Waals surface area contributed by atoms with E-state index in [2.05, 4.69) is 15.9 Å². The summed E-state index contributed by atoms with van der Waals surface area (Å²) < 4.78 is 27.7. The fourth-order valence-electron chi connectivity index (χ4n) is 4.74. The van der Waals surface area contributed by atoms with Gasteiger partial charge in [0.2, 0.25) is 0 Å². The summed E-state index contributed by atoms with van der Waals surface area (Å²) >= 11 is 9.47. The summed E-state index contributed by atoms with van der Waals surface area (Å²) in [5.41, 5.74) is 0.334. The summed E-state index contributed by atoms with van der Waals surface area (Å²) in [6.07, 6.45) is 3.96. The third-order valence-corrected chi connectivity index (χ3v) is 6.60. The molecule has 19 heavy (non-hydrogen) atoms. The summed E-state index contributed by atoms with van der Waals surface area (Å²) in [5.74, 6) is 2.47. The van der Waals surface area contributed by atoms with Crippen molar-refractivity contribution in [3.8, 4) is 0 Å². The van der Waals surface area contributed by atoms with Crippen LogP contribution in [0.4, 0.5) is 8.78 Å². The second-order valence-electron chi connectivity index (χ2n) is 6.25. The van der Waals surface area contributed by atoms with Gasteiger partial charge in [-0.25, -0.2) is 8.78 Å². The molecule has 3 fully saturated rings. The fourth-order valence-corrected chi connectivity index (χ4v) is 5.56. The van der Waals surface area contributed by atoms with Crippen LogP contribution in [0, 0.1) is 41.2 Å². The van der Waals surface area contributed by atoms with Crippen LogP contribution in [0.5, 0.6) is 0 Å². The Hall–Kier alpha value is -0.150. The van der Waals surface area contributed by atoms with Crippen molar-refractivity contribution in [1.82, 2.24) is 0 Å². The Labute approximate surface area is 124 Å². The standard InChI is InChI=1S/C15H14BrClF2/c16-9-5-10(18)8(4-11(9)19)15(17)14-12-6-1-2-7(3-6)13(12)14/h4-7,12-15H,1-3H2. The van der Waals surface area contributed by atoms with E-state index in [4.69, 9.17) is 11.6 Å². The van der Waals surface area contributed by atoms with Crippen LogP contribution in [0.1, 0.15) is 30.2 Å². The number of hydrogen-bond acceptors (Lipinski definition) is 0. The number of alkyl halides is 1. The minimum atomic E-state index is -0.434. The first kappa shape index (κ1) is 12.6. The van der Waals surface area contributed by atoms with Crippen molar-refractivity contribution >= 4 is 27.5 Å². The third-order valence-electron chi connectivity index (χ3n) is 5.47. The van der Waals surface area contributed by atoms with Crippen molar-refractivity contribution in [3.63, 3.8) is 0 Å². The van der Waals surface area contributed by atoms with E-state index in [0.29, 0.717) is 23.3 Å². The molecule has 5 atom stereocenters. The average Bonchev–Trinajstić information content (AvgIpc) is 2.81. The molecule has 4 rings (SSSR count). The minimum Gasteiger partial charge on any atom is -0.207 e. The lowest BCUT2D eigenvalue weighted by atomic mass is 9.96. The smallest absolute Gasteiger partial charge is 0.137 e. The Bertz CT molecular complexity index is 531. The molecule has 0 nitrogen and oxygen atoms in total. The molecule has 0 amide bonds. The molecular formula is C15H14BrClF2. The van der Waals surface area contributed by atoms with Gasteiger partial charge in [-0.15, -0.1) is 11.6 Å². The molecule has 3 aliphatic rings. The van der Waals surface area contributed by atoms with Crippen molar-refractivity contribution in [2.45, 2.75) is 24.6 Å². The van der Waals surface area contributed by atoms with Gasteiger partial charge in [-0.05, 0) is 76.9 Å². The molecule has 1 aromatic rings. The highest BCUT2D eigenvalue weighted by Gasteiger charge is 2.66. The monoisotopic (exact) mass is 346 g/mol. The van der Waals surface area contributed by atoms with Crippen molar-refractivity contribution in [2.75, 3.05) is 0 Å². The van der Waals surface area contributed by atoms with Crippen LogP contribution in [0.2, 0.25) is 0 Å². The van der Waals surface area contributed by atoms with E-state index in [1.165, 1.54) is 31.4 Å². The van der Waals surface area contributed by atoms with Gasteiger partial charge >= 0.3 is 0 Å². The van der Waals surface area contributed by atoms with Gasteiger partial charge in [-0.3, -0.25) is 0 Å². The van der Waals surface area contributed by atoms with Gasteiger partial charge in [0.05, 0.1) is 9.85 Å². The second kappa shape index (κ2) is 4.17. The molecule has 5 unspecified atom stereocenters. The maximum absolute atomic E-state index is 14.0. The first-order chi connectivity index (χ1) is 9.08. The summed E-state index contributed by atoms with van der Waals surface area (Å²) in [6, 6.07) is 2.44. The Morgan fingerprint density at radius 1 is 1.11 bits per heavy atom. The number of rotatable bonds is 2. The van der Waals surface area contributed by atoms with Gasteiger partial charge in [0.15, 0.2) is 0 Å². The lowest BCUT2D eigenvalue weighted by Crippen LogP contribution is -2.06. The van der Waals surface area contributed by atoms with Crippen LogP contribution in [0.25, 0.3) is 0 Å². The summed E-state index contributed by atoms with van der Waals surface area (Å²) in [5, 5.41) is -0.374. The molecule has 3 aliphatic carbocycles. The zero-order valence-corrected chi connectivity index (χ0v) is 12.6. The maximum Gasteiger partial charge on any atom is 0.137 e. The fraction of sp³-hybridized carbons (Fsp3) is 0.600. The first-order valence-electron chi connectivity index (χ1n) is 6.86. The van der Waals surface area contributed by atoms with Crippen LogP contribution in [-0.2, 0) is 0 Å². The van der Waals surface area contributed by atoms with Crippen LogP contribution in [0.15, 0.2) is 16.6 Å². The molecule has 0 spiro atoms. The molecule has 1 aromatic carbocycles. The van der Waals surface area contributed by atoms with E-state index in [1.807, 2.05) is 0 Å². The van der Waals surface area contributed by atoms with E-state index in [9.17, 15) is 8.78 Å². The maximum atomic E-state index is 14.0. The zero-order valence-electron chi connectivity index (χ0n) is 10.3. The molecule has 0 N–H and O–H groups in total. The quantitative estimate of drug-likeness (QED) is 0.503. The van der Waals surface area contributed by atoms with Crippen molar-refractivity contribution < 1.29 is 8.78 Å². The van der Waals surface area contributed by atoms with E-state index < -0.39 is 11.6 Å². The Morgan fingerprint density at radius 3 is 2.37 bits per heavy atom. The van der Waals surface area contributed by atoms with Gasteiger partial charge in [-0.2, -0.15) is 0 Å². The van der Waals surface area contributed by atoms with Crippen molar-refractivity contribution in [2.24, 2.45) is 29.6 Å². The SMILES string of the molecule is Fc1cc(C(Cl)C2C3C4CCC(C4)C32)c(F)cc1Br. The summed E-state index contributed by atoms with van der Waals surface area (Å²) in [4.78, 5) is 0. The van der Waals surface area contributed by atoms with Gasteiger partial charge in [-0.1, -0.05) is 0 Å². The molecule has 4 heteroatoms. The number of fused-ring (bicyclic) bond motifs is 5. The largest absolute Gasteiger partial charge is 0.207 e. The predicted octanol–water partition coefficient (Wildman–Crippen LogP) is 5.30. The Balaban J connectivity index is 1.62. The molecule has 3 saturated carbocycles. The lowest BCUT2D eigenvalue weighted by molar-refractivity contribution is 0.448. The summed E-state index contributed by atoms with van der Waals surface area (Å²) in [6.45, 7) is 0. The van der Waals surface area contributed by atoms with Crippen LogP contribution in [-0.4, -0.2) is 0 Å². The second-order valence-corrected chi connectivity index (χ2v) is 7.58. The highest BCUT2D eigenvalue weighted by molar-refractivity contribution is 9.10. The molecule has 0 aromatic heterocycles. The van der Waals surface area contributed by atoms with E-state index >= 15 is 0 Å². The lowest BCUT2D eigenvalue weighted by Gasteiger charge is -2.15. The first-order valence-corrected chi connectivity index (χ1v) is 8.09. The van der Waals surface area contributed by atoms with Gasteiger partial charge < -0.3 is 0 Å². The molecule has 0 saturated heterocycles. The number of benzene rings is 1. The Kier molecular flexibility index (Phi) is 2.76. The van der Waals surface area contributed by atoms with Gasteiger partial charge in [0.1, 0.15) is 11.6 Å². The average molecular weight is 348 g/mol. The Morgan fingerprint density at radius 2 is 1.74 bits per heavy atom. The molecule has 0 aliphatic heterocycles. The minimum absolute atomic E-state index is 0.161. The molecule has 102 valence electrons.